The molecule has 0 aromatic carbocycles. The van der Waals surface area contributed by atoms with Crippen molar-refractivity contribution in [3.8, 4) is 0 Å². The summed E-state index contributed by atoms with van der Waals surface area (Å²) in [5.74, 6) is -0.241. The lowest BCUT2D eigenvalue weighted by atomic mass is 10.4. The first kappa shape index (κ1) is 22.4. The largest absolute Gasteiger partial charge is 0.377 e. The fourth-order valence-electron chi connectivity index (χ4n) is 1.44. The second-order valence-corrected chi connectivity index (χ2v) is 4.57. The maximum Gasteiger partial charge on any atom is 0.246 e. The standard InChI is InChI=1S/C15H28N2O7/c1-2-14(19)16-3-6-22-11-12-24-13-15(20)17-4-7-21-9-10-23-8-5-18/h5H,2-4,6-13H2,1H3,(H,16,19)(H,17,20). The third-order valence-electron chi connectivity index (χ3n) is 2.62. The Morgan fingerprint density at radius 2 is 1.33 bits per heavy atom. The second kappa shape index (κ2) is 17.8. The van der Waals surface area contributed by atoms with Gasteiger partial charge < -0.3 is 34.4 Å². The number of hydrogen-bond acceptors (Lipinski definition) is 7. The van der Waals surface area contributed by atoms with Gasteiger partial charge in [0.1, 0.15) is 19.5 Å². The van der Waals surface area contributed by atoms with Crippen molar-refractivity contribution in [3.63, 3.8) is 0 Å². The van der Waals surface area contributed by atoms with Crippen LogP contribution in [-0.2, 0) is 33.3 Å². The minimum Gasteiger partial charge on any atom is -0.377 e. The number of carbonyl (C=O) groups excluding carboxylic acids is 3. The van der Waals surface area contributed by atoms with E-state index < -0.39 is 0 Å². The van der Waals surface area contributed by atoms with E-state index in [9.17, 15) is 14.4 Å². The van der Waals surface area contributed by atoms with Gasteiger partial charge in [0, 0.05) is 19.5 Å². The zero-order chi connectivity index (χ0) is 17.9. The van der Waals surface area contributed by atoms with E-state index in [0.717, 1.165) is 0 Å². The lowest BCUT2D eigenvalue weighted by molar-refractivity contribution is -0.126. The van der Waals surface area contributed by atoms with Crippen molar-refractivity contribution in [2.24, 2.45) is 0 Å². The van der Waals surface area contributed by atoms with Crippen LogP contribution in [-0.4, -0.2) is 84.0 Å². The minimum absolute atomic E-state index is 0.0102. The highest BCUT2D eigenvalue weighted by Gasteiger charge is 2.01. The van der Waals surface area contributed by atoms with E-state index in [4.69, 9.17) is 18.9 Å². The highest BCUT2D eigenvalue weighted by atomic mass is 16.5. The van der Waals surface area contributed by atoms with Crippen LogP contribution >= 0.6 is 0 Å². The predicted molar refractivity (Wildman–Crippen MR) is 85.7 cm³/mol. The Bertz CT molecular complexity index is 340. The normalized spacial score (nSPS) is 10.4. The molecule has 24 heavy (non-hydrogen) atoms. The number of amides is 2. The first-order chi connectivity index (χ1) is 11.7. The Balaban J connectivity index is 3.21. The molecule has 0 aliphatic heterocycles. The van der Waals surface area contributed by atoms with Crippen LogP contribution in [0.5, 0.6) is 0 Å². The van der Waals surface area contributed by atoms with Crippen LogP contribution in [0.4, 0.5) is 0 Å². The number of ether oxygens (including phenoxy) is 4. The summed E-state index contributed by atoms with van der Waals surface area (Å²) in [6.45, 7) is 4.81. The molecule has 0 fully saturated rings. The van der Waals surface area contributed by atoms with Crippen LogP contribution in [0.25, 0.3) is 0 Å². The fraction of sp³-hybridized carbons (Fsp3) is 0.800. The molecule has 0 heterocycles. The van der Waals surface area contributed by atoms with Crippen LogP contribution in [0.1, 0.15) is 13.3 Å². The number of aldehydes is 1. The summed E-state index contributed by atoms with van der Waals surface area (Å²) in [6.07, 6.45) is 1.13. The van der Waals surface area contributed by atoms with E-state index >= 15 is 0 Å². The zero-order valence-electron chi connectivity index (χ0n) is 14.2. The molecule has 140 valence electrons. The summed E-state index contributed by atoms with van der Waals surface area (Å²) in [6, 6.07) is 0. The topological polar surface area (TPSA) is 112 Å². The summed E-state index contributed by atoms with van der Waals surface area (Å²) in [7, 11) is 0. The molecule has 0 radical (unpaired) electrons. The SMILES string of the molecule is CCC(=O)NCCOCCOCC(=O)NCCOCCOCC=O. The van der Waals surface area contributed by atoms with Crippen LogP contribution in [0, 0.1) is 0 Å². The van der Waals surface area contributed by atoms with Gasteiger partial charge in [-0.1, -0.05) is 6.92 Å². The monoisotopic (exact) mass is 348 g/mol. The van der Waals surface area contributed by atoms with Crippen molar-refractivity contribution >= 4 is 18.1 Å². The Hall–Kier alpha value is -1.55. The molecule has 0 unspecified atom stereocenters. The third-order valence-corrected chi connectivity index (χ3v) is 2.62. The molecule has 0 spiro atoms. The average molecular weight is 348 g/mol. The molecule has 0 atom stereocenters. The Kier molecular flexibility index (Phi) is 16.6. The fourth-order valence-corrected chi connectivity index (χ4v) is 1.44. The maximum absolute atomic E-state index is 11.4. The summed E-state index contributed by atoms with van der Waals surface area (Å²) >= 11 is 0. The Morgan fingerprint density at radius 3 is 1.92 bits per heavy atom. The van der Waals surface area contributed by atoms with Crippen molar-refractivity contribution < 1.29 is 33.3 Å². The van der Waals surface area contributed by atoms with Crippen molar-refractivity contribution in [1.82, 2.24) is 10.6 Å². The van der Waals surface area contributed by atoms with Gasteiger partial charge in [0.25, 0.3) is 0 Å². The number of rotatable bonds is 17. The Morgan fingerprint density at radius 1 is 0.792 bits per heavy atom. The van der Waals surface area contributed by atoms with Gasteiger partial charge >= 0.3 is 0 Å². The van der Waals surface area contributed by atoms with Crippen molar-refractivity contribution in [1.29, 1.82) is 0 Å². The highest BCUT2D eigenvalue weighted by Crippen LogP contribution is 1.81. The molecule has 9 nitrogen and oxygen atoms in total. The quantitative estimate of drug-likeness (QED) is 0.253. The molecular weight excluding hydrogens is 320 g/mol. The van der Waals surface area contributed by atoms with E-state index in [1.807, 2.05) is 0 Å². The second-order valence-electron chi connectivity index (χ2n) is 4.57. The van der Waals surface area contributed by atoms with Gasteiger partial charge in [-0.25, -0.2) is 0 Å². The molecule has 0 aromatic heterocycles. The van der Waals surface area contributed by atoms with Crippen molar-refractivity contribution in [2.75, 3.05) is 65.9 Å². The van der Waals surface area contributed by atoms with Crippen LogP contribution in [0.15, 0.2) is 0 Å². The van der Waals surface area contributed by atoms with Gasteiger partial charge in [-0.05, 0) is 0 Å². The lowest BCUT2D eigenvalue weighted by Gasteiger charge is -2.08. The molecule has 0 aliphatic carbocycles. The van der Waals surface area contributed by atoms with Crippen LogP contribution in [0.3, 0.4) is 0 Å². The lowest BCUT2D eigenvalue weighted by Crippen LogP contribution is -2.31. The first-order valence-electron chi connectivity index (χ1n) is 7.98. The zero-order valence-corrected chi connectivity index (χ0v) is 14.2. The van der Waals surface area contributed by atoms with Crippen LogP contribution in [0.2, 0.25) is 0 Å². The Labute approximate surface area is 142 Å². The van der Waals surface area contributed by atoms with Gasteiger partial charge in [-0.3, -0.25) is 9.59 Å². The van der Waals surface area contributed by atoms with E-state index in [0.29, 0.717) is 65.4 Å². The molecule has 2 amide bonds. The van der Waals surface area contributed by atoms with Crippen molar-refractivity contribution in [3.05, 3.63) is 0 Å². The molecule has 0 rings (SSSR count). The number of carbonyl (C=O) groups is 3. The summed E-state index contributed by atoms with van der Waals surface area (Å²) < 4.78 is 20.5. The van der Waals surface area contributed by atoms with E-state index in [-0.39, 0.29) is 25.0 Å². The summed E-state index contributed by atoms with van der Waals surface area (Å²) in [5, 5.41) is 5.33. The number of hydrogen-bond donors (Lipinski definition) is 2. The summed E-state index contributed by atoms with van der Waals surface area (Å²) in [5.41, 5.74) is 0. The average Bonchev–Trinajstić information content (AvgIpc) is 2.59. The van der Waals surface area contributed by atoms with E-state index in [2.05, 4.69) is 10.6 Å². The van der Waals surface area contributed by atoms with Gasteiger partial charge in [0.2, 0.25) is 11.8 Å². The molecule has 2 N–H and O–H groups in total. The first-order valence-corrected chi connectivity index (χ1v) is 7.98. The van der Waals surface area contributed by atoms with E-state index in [1.54, 1.807) is 6.92 Å². The van der Waals surface area contributed by atoms with Gasteiger partial charge in [0.15, 0.2) is 0 Å². The molecule has 0 bridgehead atoms. The molecule has 9 heteroatoms. The predicted octanol–water partition coefficient (Wildman–Crippen LogP) is -1.11. The smallest absolute Gasteiger partial charge is 0.246 e. The van der Waals surface area contributed by atoms with E-state index in [1.165, 1.54) is 0 Å². The highest BCUT2D eigenvalue weighted by molar-refractivity contribution is 5.77. The van der Waals surface area contributed by atoms with Crippen molar-refractivity contribution in [2.45, 2.75) is 13.3 Å². The number of nitrogens with one attached hydrogen (secondary N) is 2. The summed E-state index contributed by atoms with van der Waals surface area (Å²) in [4.78, 5) is 32.3. The van der Waals surface area contributed by atoms with Crippen LogP contribution < -0.4 is 10.6 Å². The third kappa shape index (κ3) is 16.8. The molecule has 0 saturated heterocycles. The maximum atomic E-state index is 11.4. The minimum atomic E-state index is -0.231. The van der Waals surface area contributed by atoms with Gasteiger partial charge in [-0.15, -0.1) is 0 Å². The molecule has 0 saturated carbocycles. The van der Waals surface area contributed by atoms with Gasteiger partial charge in [-0.2, -0.15) is 0 Å². The van der Waals surface area contributed by atoms with Gasteiger partial charge in [0.05, 0.1) is 39.6 Å². The molecule has 0 aliphatic rings. The molecule has 0 aromatic rings. The molecular formula is C15H28N2O7.